The molecule has 0 radical (unpaired) electrons. The number of para-hydroxylation sites is 1. The minimum absolute atomic E-state index is 0.595. The third-order valence-electron chi connectivity index (χ3n) is 1.36. The van der Waals surface area contributed by atoms with E-state index in [9.17, 15) is 8.78 Å². The summed E-state index contributed by atoms with van der Waals surface area (Å²) in [6.07, 6.45) is 0. The van der Waals surface area contributed by atoms with Crippen LogP contribution in [0.15, 0.2) is 30.3 Å². The van der Waals surface area contributed by atoms with Crippen molar-refractivity contribution in [2.45, 2.75) is 6.61 Å². The lowest BCUT2D eigenvalue weighted by Crippen LogP contribution is -2.20. The van der Waals surface area contributed by atoms with Crippen molar-refractivity contribution in [1.29, 1.82) is 0 Å². The van der Waals surface area contributed by atoms with Crippen LogP contribution in [0.3, 0.4) is 0 Å². The molecule has 1 rings (SSSR count). The van der Waals surface area contributed by atoms with Crippen molar-refractivity contribution in [3.8, 4) is 0 Å². The second-order valence-electron chi connectivity index (χ2n) is 2.20. The Morgan fingerprint density at radius 2 is 1.83 bits per heavy atom. The maximum atomic E-state index is 11.7. The molecule has 66 valence electrons. The Hall–Kier alpha value is -1.16. The van der Waals surface area contributed by atoms with E-state index in [0.29, 0.717) is 5.69 Å². The van der Waals surface area contributed by atoms with Gasteiger partial charge in [0, 0.05) is 7.05 Å². The normalized spacial score (nSPS) is 10.3. The van der Waals surface area contributed by atoms with Crippen LogP contribution in [-0.4, -0.2) is 13.7 Å². The van der Waals surface area contributed by atoms with E-state index in [1.54, 1.807) is 30.3 Å². The highest BCUT2D eigenvalue weighted by atomic mass is 19.3. The average Bonchev–Trinajstić information content (AvgIpc) is 2.05. The second-order valence-corrected chi connectivity index (χ2v) is 2.20. The van der Waals surface area contributed by atoms with Crippen LogP contribution in [0.4, 0.5) is 14.5 Å². The molecule has 0 saturated carbocycles. The lowest BCUT2D eigenvalue weighted by Gasteiger charge is -2.17. The molecule has 1 aromatic carbocycles. The summed E-state index contributed by atoms with van der Waals surface area (Å²) in [6.45, 7) is -2.78. The van der Waals surface area contributed by atoms with Crippen molar-refractivity contribution < 1.29 is 13.6 Å². The minimum atomic E-state index is -2.78. The highest BCUT2D eigenvalue weighted by Gasteiger charge is 2.07. The van der Waals surface area contributed by atoms with Crippen molar-refractivity contribution in [3.05, 3.63) is 30.3 Å². The third-order valence-corrected chi connectivity index (χ3v) is 1.36. The molecule has 0 aliphatic heterocycles. The Morgan fingerprint density at radius 3 is 2.33 bits per heavy atom. The molecule has 0 heterocycles. The van der Waals surface area contributed by atoms with E-state index < -0.39 is 6.61 Å². The van der Waals surface area contributed by atoms with Crippen molar-refractivity contribution in [2.24, 2.45) is 0 Å². The summed E-state index contributed by atoms with van der Waals surface area (Å²) >= 11 is 0. The standard InChI is InChI=1S/C8H9F2NO/c1-11(12-8(9)10)7-5-3-2-4-6-7/h2-6,8H,1H3. The lowest BCUT2D eigenvalue weighted by atomic mass is 10.3. The number of hydrogen-bond donors (Lipinski definition) is 0. The van der Waals surface area contributed by atoms with Crippen LogP contribution in [0.2, 0.25) is 0 Å². The maximum Gasteiger partial charge on any atom is 0.364 e. The number of nitrogens with zero attached hydrogens (tertiary/aromatic N) is 1. The van der Waals surface area contributed by atoms with Crippen LogP contribution in [0.25, 0.3) is 0 Å². The molecular formula is C8H9F2NO. The molecule has 2 nitrogen and oxygen atoms in total. The molecule has 12 heavy (non-hydrogen) atoms. The quantitative estimate of drug-likeness (QED) is 0.650. The number of hydroxylamine groups is 1. The van der Waals surface area contributed by atoms with E-state index >= 15 is 0 Å². The van der Waals surface area contributed by atoms with Gasteiger partial charge in [-0.05, 0) is 12.1 Å². The zero-order valence-corrected chi connectivity index (χ0v) is 6.58. The predicted octanol–water partition coefficient (Wildman–Crippen LogP) is 2.28. The van der Waals surface area contributed by atoms with E-state index in [-0.39, 0.29) is 0 Å². The maximum absolute atomic E-state index is 11.7. The number of alkyl halides is 2. The van der Waals surface area contributed by atoms with Gasteiger partial charge in [-0.25, -0.2) is 4.84 Å². The molecule has 0 bridgehead atoms. The molecule has 0 unspecified atom stereocenters. The molecule has 0 N–H and O–H groups in total. The van der Waals surface area contributed by atoms with Gasteiger partial charge in [-0.2, -0.15) is 8.78 Å². The van der Waals surface area contributed by atoms with Crippen LogP contribution in [0.1, 0.15) is 0 Å². The fourth-order valence-corrected chi connectivity index (χ4v) is 0.818. The topological polar surface area (TPSA) is 12.5 Å². The van der Waals surface area contributed by atoms with E-state index in [1.165, 1.54) is 7.05 Å². The summed E-state index contributed by atoms with van der Waals surface area (Å²) in [5.41, 5.74) is 0.595. The van der Waals surface area contributed by atoms with Gasteiger partial charge in [-0.3, -0.25) is 5.06 Å². The van der Waals surface area contributed by atoms with Crippen molar-refractivity contribution in [1.82, 2.24) is 0 Å². The zero-order valence-electron chi connectivity index (χ0n) is 6.58. The Labute approximate surface area is 69.3 Å². The first kappa shape index (κ1) is 8.93. The number of halogens is 2. The van der Waals surface area contributed by atoms with Gasteiger partial charge in [-0.1, -0.05) is 18.2 Å². The molecule has 1 aromatic rings. The molecule has 0 amide bonds. The summed E-state index contributed by atoms with van der Waals surface area (Å²) in [5.74, 6) is 0. The summed E-state index contributed by atoms with van der Waals surface area (Å²) < 4.78 is 23.4. The highest BCUT2D eigenvalue weighted by Crippen LogP contribution is 2.12. The predicted molar refractivity (Wildman–Crippen MR) is 41.9 cm³/mol. The Balaban J connectivity index is 2.59. The fourth-order valence-electron chi connectivity index (χ4n) is 0.818. The van der Waals surface area contributed by atoms with E-state index in [4.69, 9.17) is 0 Å². The van der Waals surface area contributed by atoms with E-state index in [0.717, 1.165) is 5.06 Å². The largest absolute Gasteiger partial charge is 0.364 e. The molecule has 0 atom stereocenters. The van der Waals surface area contributed by atoms with Crippen molar-refractivity contribution in [2.75, 3.05) is 12.1 Å². The SMILES string of the molecule is CN(OC(F)F)c1ccccc1. The Morgan fingerprint density at radius 1 is 1.25 bits per heavy atom. The molecule has 0 aromatic heterocycles. The van der Waals surface area contributed by atoms with Crippen LogP contribution < -0.4 is 5.06 Å². The molecule has 0 aliphatic carbocycles. The van der Waals surface area contributed by atoms with Gasteiger partial charge in [0.25, 0.3) is 0 Å². The highest BCUT2D eigenvalue weighted by molar-refractivity contribution is 5.42. The van der Waals surface area contributed by atoms with Gasteiger partial charge in [0.1, 0.15) is 0 Å². The molecule has 4 heteroatoms. The third kappa shape index (κ3) is 2.47. The van der Waals surface area contributed by atoms with Crippen LogP contribution >= 0.6 is 0 Å². The minimum Gasteiger partial charge on any atom is -0.251 e. The summed E-state index contributed by atoms with van der Waals surface area (Å²) in [5, 5.41) is 1.03. The number of benzene rings is 1. The lowest BCUT2D eigenvalue weighted by molar-refractivity contribution is -0.134. The van der Waals surface area contributed by atoms with Crippen molar-refractivity contribution in [3.63, 3.8) is 0 Å². The first-order chi connectivity index (χ1) is 5.70. The van der Waals surface area contributed by atoms with Gasteiger partial charge in [0.2, 0.25) is 0 Å². The summed E-state index contributed by atoms with van der Waals surface area (Å²) in [7, 11) is 1.43. The van der Waals surface area contributed by atoms with E-state index in [1.807, 2.05) is 0 Å². The van der Waals surface area contributed by atoms with Crippen molar-refractivity contribution >= 4 is 5.69 Å². The molecule has 0 saturated heterocycles. The first-order valence-corrected chi connectivity index (χ1v) is 3.44. The summed E-state index contributed by atoms with van der Waals surface area (Å²) in [6, 6.07) is 8.67. The number of hydrogen-bond acceptors (Lipinski definition) is 2. The first-order valence-electron chi connectivity index (χ1n) is 3.44. The van der Waals surface area contributed by atoms with Gasteiger partial charge in [-0.15, -0.1) is 0 Å². The smallest absolute Gasteiger partial charge is 0.251 e. The Bertz CT molecular complexity index is 228. The molecule has 0 fully saturated rings. The van der Waals surface area contributed by atoms with E-state index in [2.05, 4.69) is 4.84 Å². The Kier molecular flexibility index (Phi) is 2.99. The van der Waals surface area contributed by atoms with Crippen LogP contribution in [0, 0.1) is 0 Å². The van der Waals surface area contributed by atoms with Gasteiger partial charge in [0.15, 0.2) is 0 Å². The van der Waals surface area contributed by atoms with Crippen LogP contribution in [0.5, 0.6) is 0 Å². The molecular weight excluding hydrogens is 164 g/mol. The number of anilines is 1. The van der Waals surface area contributed by atoms with Gasteiger partial charge >= 0.3 is 6.61 Å². The average molecular weight is 173 g/mol. The van der Waals surface area contributed by atoms with Crippen LogP contribution in [-0.2, 0) is 4.84 Å². The second kappa shape index (κ2) is 4.01. The monoisotopic (exact) mass is 173 g/mol. The zero-order chi connectivity index (χ0) is 8.97. The fraction of sp³-hybridized carbons (Fsp3) is 0.250. The summed E-state index contributed by atoms with van der Waals surface area (Å²) in [4.78, 5) is 4.14. The van der Waals surface area contributed by atoms with Gasteiger partial charge < -0.3 is 0 Å². The van der Waals surface area contributed by atoms with Gasteiger partial charge in [0.05, 0.1) is 5.69 Å². The molecule has 0 aliphatic rings. The number of rotatable bonds is 3. The molecule has 0 spiro atoms.